The fourth-order valence-electron chi connectivity index (χ4n) is 4.43. The van der Waals surface area contributed by atoms with Crippen LogP contribution in [0.4, 0.5) is 0 Å². The molecule has 0 unspecified atom stereocenters. The summed E-state index contributed by atoms with van der Waals surface area (Å²) in [5.74, 6) is 0.176. The number of hydrogen-bond donors (Lipinski definition) is 1. The molecule has 5 nitrogen and oxygen atoms in total. The van der Waals surface area contributed by atoms with Crippen LogP contribution < -0.4 is 5.32 Å². The molecule has 1 aromatic carbocycles. The zero-order chi connectivity index (χ0) is 19.2. The van der Waals surface area contributed by atoms with Gasteiger partial charge in [-0.15, -0.1) is 0 Å². The zero-order valence-electron chi connectivity index (χ0n) is 16.3. The Balaban J connectivity index is 1.36. The lowest BCUT2D eigenvalue weighted by atomic mass is 9.73. The van der Waals surface area contributed by atoms with Crippen LogP contribution in [-0.2, 0) is 21.5 Å². The number of nitrogens with one attached hydrogen (secondary N) is 1. The SMILES string of the molecule is O=C(NC1CCN(Cc2ccncc2)CC1)C1(c2ccccc2)CCOCC1. The fraction of sp³-hybridized carbons (Fsp3) is 0.478. The highest BCUT2D eigenvalue weighted by Gasteiger charge is 2.42. The summed E-state index contributed by atoms with van der Waals surface area (Å²) in [6, 6.07) is 14.6. The van der Waals surface area contributed by atoms with E-state index in [1.54, 1.807) is 0 Å². The maximum absolute atomic E-state index is 13.4. The Bertz CT molecular complexity index is 752. The monoisotopic (exact) mass is 379 g/mol. The highest BCUT2D eigenvalue weighted by molar-refractivity contribution is 5.88. The van der Waals surface area contributed by atoms with Gasteiger partial charge in [-0.2, -0.15) is 0 Å². The number of rotatable bonds is 5. The van der Waals surface area contributed by atoms with Crippen LogP contribution in [0.3, 0.4) is 0 Å². The molecular weight excluding hydrogens is 350 g/mol. The van der Waals surface area contributed by atoms with Gasteiger partial charge in [0.05, 0.1) is 5.41 Å². The Kier molecular flexibility index (Phi) is 6.03. The first kappa shape index (κ1) is 19.1. The minimum Gasteiger partial charge on any atom is -0.381 e. The van der Waals surface area contributed by atoms with Gasteiger partial charge in [0.25, 0.3) is 0 Å². The molecule has 1 N–H and O–H groups in total. The predicted molar refractivity (Wildman–Crippen MR) is 109 cm³/mol. The van der Waals surface area contributed by atoms with Crippen molar-refractivity contribution in [3.63, 3.8) is 0 Å². The first-order valence-corrected chi connectivity index (χ1v) is 10.3. The van der Waals surface area contributed by atoms with Crippen molar-refractivity contribution in [3.05, 3.63) is 66.0 Å². The molecule has 0 radical (unpaired) electrons. The van der Waals surface area contributed by atoms with Gasteiger partial charge in [0, 0.05) is 51.3 Å². The van der Waals surface area contributed by atoms with E-state index in [2.05, 4.69) is 39.5 Å². The Labute approximate surface area is 167 Å². The topological polar surface area (TPSA) is 54.5 Å². The second-order valence-electron chi connectivity index (χ2n) is 7.94. The van der Waals surface area contributed by atoms with Gasteiger partial charge >= 0.3 is 0 Å². The molecule has 0 saturated carbocycles. The average molecular weight is 380 g/mol. The summed E-state index contributed by atoms with van der Waals surface area (Å²) >= 11 is 0. The summed E-state index contributed by atoms with van der Waals surface area (Å²) in [5, 5.41) is 3.38. The van der Waals surface area contributed by atoms with Crippen LogP contribution in [0.5, 0.6) is 0 Å². The standard InChI is InChI=1S/C23H29N3O2/c27-22(23(10-16-28-17-11-23)20-4-2-1-3-5-20)25-21-8-14-26(15-9-21)18-19-6-12-24-13-7-19/h1-7,12-13,21H,8-11,14-18H2,(H,25,27). The molecule has 2 aliphatic heterocycles. The molecule has 3 heterocycles. The van der Waals surface area contributed by atoms with Gasteiger partial charge in [-0.3, -0.25) is 14.7 Å². The van der Waals surface area contributed by atoms with Crippen LogP contribution in [0.2, 0.25) is 0 Å². The molecule has 2 aromatic rings. The van der Waals surface area contributed by atoms with Gasteiger partial charge in [-0.05, 0) is 48.9 Å². The van der Waals surface area contributed by atoms with Gasteiger partial charge < -0.3 is 10.1 Å². The lowest BCUT2D eigenvalue weighted by Gasteiger charge is -2.39. The molecule has 0 atom stereocenters. The van der Waals surface area contributed by atoms with E-state index >= 15 is 0 Å². The van der Waals surface area contributed by atoms with E-state index < -0.39 is 5.41 Å². The molecule has 2 fully saturated rings. The molecule has 2 saturated heterocycles. The van der Waals surface area contributed by atoms with Crippen molar-refractivity contribution in [1.29, 1.82) is 0 Å². The number of ether oxygens (including phenoxy) is 1. The van der Waals surface area contributed by atoms with E-state index in [0.717, 1.165) is 50.9 Å². The predicted octanol–water partition coefficient (Wildman–Crippen LogP) is 2.91. The van der Waals surface area contributed by atoms with Crippen LogP contribution in [0, 0.1) is 0 Å². The van der Waals surface area contributed by atoms with Crippen LogP contribution in [0.25, 0.3) is 0 Å². The summed E-state index contributed by atoms with van der Waals surface area (Å²) in [5.41, 5.74) is 1.96. The lowest BCUT2D eigenvalue weighted by Crippen LogP contribution is -2.53. The first-order valence-electron chi connectivity index (χ1n) is 10.3. The number of likely N-dealkylation sites (tertiary alicyclic amines) is 1. The van der Waals surface area contributed by atoms with Crippen molar-refractivity contribution in [2.24, 2.45) is 0 Å². The molecule has 28 heavy (non-hydrogen) atoms. The number of aromatic nitrogens is 1. The number of amides is 1. The van der Waals surface area contributed by atoms with E-state index in [0.29, 0.717) is 13.2 Å². The molecule has 1 amide bonds. The molecule has 1 aromatic heterocycles. The maximum atomic E-state index is 13.4. The van der Waals surface area contributed by atoms with E-state index in [4.69, 9.17) is 4.74 Å². The van der Waals surface area contributed by atoms with Crippen molar-refractivity contribution in [2.75, 3.05) is 26.3 Å². The van der Waals surface area contributed by atoms with Gasteiger partial charge in [-0.25, -0.2) is 0 Å². The van der Waals surface area contributed by atoms with Gasteiger partial charge in [0.15, 0.2) is 0 Å². The summed E-state index contributed by atoms with van der Waals surface area (Å²) in [6.45, 7) is 4.26. The quantitative estimate of drug-likeness (QED) is 0.868. The van der Waals surface area contributed by atoms with E-state index in [1.807, 2.05) is 30.6 Å². The second kappa shape index (κ2) is 8.84. The van der Waals surface area contributed by atoms with Crippen molar-refractivity contribution in [1.82, 2.24) is 15.2 Å². The molecule has 2 aliphatic rings. The zero-order valence-corrected chi connectivity index (χ0v) is 16.3. The van der Waals surface area contributed by atoms with Crippen LogP contribution in [-0.4, -0.2) is 48.1 Å². The summed E-state index contributed by atoms with van der Waals surface area (Å²) in [4.78, 5) is 19.9. The van der Waals surface area contributed by atoms with E-state index in [-0.39, 0.29) is 11.9 Å². The number of hydrogen-bond acceptors (Lipinski definition) is 4. The highest BCUT2D eigenvalue weighted by Crippen LogP contribution is 2.35. The molecule has 148 valence electrons. The molecule has 5 heteroatoms. The number of benzene rings is 1. The molecule has 0 aliphatic carbocycles. The smallest absolute Gasteiger partial charge is 0.231 e. The van der Waals surface area contributed by atoms with Crippen molar-refractivity contribution in [2.45, 2.75) is 43.7 Å². The minimum atomic E-state index is -0.451. The Morgan fingerprint density at radius 1 is 1.07 bits per heavy atom. The van der Waals surface area contributed by atoms with Crippen molar-refractivity contribution >= 4 is 5.91 Å². The number of nitrogens with zero attached hydrogens (tertiary/aromatic N) is 2. The van der Waals surface area contributed by atoms with Crippen molar-refractivity contribution in [3.8, 4) is 0 Å². The Morgan fingerprint density at radius 2 is 1.75 bits per heavy atom. The highest BCUT2D eigenvalue weighted by atomic mass is 16.5. The molecule has 0 bridgehead atoms. The summed E-state index contributed by atoms with van der Waals surface area (Å²) in [6.07, 6.45) is 7.20. The second-order valence-corrected chi connectivity index (χ2v) is 7.94. The van der Waals surface area contributed by atoms with Gasteiger partial charge in [-0.1, -0.05) is 30.3 Å². The minimum absolute atomic E-state index is 0.176. The largest absolute Gasteiger partial charge is 0.381 e. The maximum Gasteiger partial charge on any atom is 0.231 e. The van der Waals surface area contributed by atoms with Crippen LogP contribution in [0.15, 0.2) is 54.9 Å². The van der Waals surface area contributed by atoms with Gasteiger partial charge in [0.2, 0.25) is 5.91 Å². The Morgan fingerprint density at radius 3 is 2.43 bits per heavy atom. The fourth-order valence-corrected chi connectivity index (χ4v) is 4.43. The Hall–Kier alpha value is -2.24. The third-order valence-electron chi connectivity index (χ3n) is 6.19. The molecule has 0 spiro atoms. The normalized spacial score (nSPS) is 20.6. The third kappa shape index (κ3) is 4.26. The lowest BCUT2D eigenvalue weighted by molar-refractivity contribution is -0.131. The average Bonchev–Trinajstić information content (AvgIpc) is 2.77. The first-order chi connectivity index (χ1) is 13.8. The van der Waals surface area contributed by atoms with Crippen LogP contribution >= 0.6 is 0 Å². The molecular formula is C23H29N3O2. The van der Waals surface area contributed by atoms with E-state index in [1.165, 1.54) is 5.56 Å². The van der Waals surface area contributed by atoms with Crippen molar-refractivity contribution < 1.29 is 9.53 Å². The van der Waals surface area contributed by atoms with E-state index in [9.17, 15) is 4.79 Å². The number of piperidine rings is 1. The number of carbonyl (C=O) groups is 1. The number of carbonyl (C=O) groups excluding carboxylic acids is 1. The van der Waals surface area contributed by atoms with Crippen LogP contribution in [0.1, 0.15) is 36.8 Å². The number of pyridine rings is 1. The summed E-state index contributed by atoms with van der Waals surface area (Å²) in [7, 11) is 0. The van der Waals surface area contributed by atoms with Gasteiger partial charge in [0.1, 0.15) is 0 Å². The molecule has 4 rings (SSSR count). The third-order valence-corrected chi connectivity index (χ3v) is 6.19. The summed E-state index contributed by atoms with van der Waals surface area (Å²) < 4.78 is 5.57.